The fourth-order valence-corrected chi connectivity index (χ4v) is 3.27. The van der Waals surface area contributed by atoms with Crippen LogP contribution in [0.15, 0.2) is 53.5 Å². The van der Waals surface area contributed by atoms with Crippen LogP contribution in [0, 0.1) is 18.7 Å². The molecule has 0 amide bonds. The van der Waals surface area contributed by atoms with E-state index in [0.29, 0.717) is 18.0 Å². The number of hydrogen-bond acceptors (Lipinski definition) is 2. The zero-order valence-corrected chi connectivity index (χ0v) is 15.5. The third-order valence-corrected chi connectivity index (χ3v) is 4.89. The summed E-state index contributed by atoms with van der Waals surface area (Å²) in [6.07, 6.45) is 1.17. The zero-order valence-electron chi connectivity index (χ0n) is 15.5. The summed E-state index contributed by atoms with van der Waals surface area (Å²) < 4.78 is 13.6. The highest BCUT2D eigenvalue weighted by molar-refractivity contribution is 5.79. The van der Waals surface area contributed by atoms with E-state index in [1.54, 1.807) is 26.1 Å². The number of guanidine groups is 1. The van der Waals surface area contributed by atoms with Crippen molar-refractivity contribution in [2.24, 2.45) is 10.9 Å². The van der Waals surface area contributed by atoms with Gasteiger partial charge in [-0.2, -0.15) is 0 Å². The van der Waals surface area contributed by atoms with Crippen molar-refractivity contribution in [3.63, 3.8) is 0 Å². The first-order chi connectivity index (χ1) is 12.7. The SMILES string of the molecule is CN=C(NCc1ccc(C)c(F)c1)NCC1CCN(c2ccccc2)C1. The molecule has 1 aliphatic rings. The van der Waals surface area contributed by atoms with Crippen LogP contribution in [0.4, 0.5) is 10.1 Å². The van der Waals surface area contributed by atoms with Crippen LogP contribution in [0.2, 0.25) is 0 Å². The number of nitrogens with one attached hydrogen (secondary N) is 2. The molecule has 2 aromatic rings. The molecule has 4 nitrogen and oxygen atoms in total. The Balaban J connectivity index is 1.45. The molecule has 0 radical (unpaired) electrons. The molecule has 5 heteroatoms. The van der Waals surface area contributed by atoms with Gasteiger partial charge in [0.25, 0.3) is 0 Å². The van der Waals surface area contributed by atoms with Crippen LogP contribution < -0.4 is 15.5 Å². The average Bonchev–Trinajstić information content (AvgIpc) is 3.14. The normalized spacial score (nSPS) is 17.4. The van der Waals surface area contributed by atoms with E-state index in [4.69, 9.17) is 0 Å². The molecule has 138 valence electrons. The maximum absolute atomic E-state index is 13.6. The highest BCUT2D eigenvalue weighted by atomic mass is 19.1. The van der Waals surface area contributed by atoms with E-state index in [1.165, 1.54) is 12.1 Å². The van der Waals surface area contributed by atoms with Gasteiger partial charge in [-0.25, -0.2) is 4.39 Å². The van der Waals surface area contributed by atoms with Crippen LogP contribution in [0.25, 0.3) is 0 Å². The molecule has 0 aliphatic carbocycles. The molecule has 2 N–H and O–H groups in total. The van der Waals surface area contributed by atoms with Crippen molar-refractivity contribution in [3.05, 3.63) is 65.5 Å². The van der Waals surface area contributed by atoms with E-state index in [1.807, 2.05) is 12.1 Å². The van der Waals surface area contributed by atoms with Gasteiger partial charge in [0, 0.05) is 38.9 Å². The minimum absolute atomic E-state index is 0.167. The summed E-state index contributed by atoms with van der Waals surface area (Å²) in [4.78, 5) is 6.70. The second-order valence-corrected chi connectivity index (χ2v) is 6.83. The summed E-state index contributed by atoms with van der Waals surface area (Å²) in [7, 11) is 1.76. The van der Waals surface area contributed by atoms with Gasteiger partial charge in [-0.15, -0.1) is 0 Å². The molecule has 1 heterocycles. The summed E-state index contributed by atoms with van der Waals surface area (Å²) in [6.45, 7) is 5.35. The minimum Gasteiger partial charge on any atom is -0.371 e. The Morgan fingerprint density at radius 3 is 2.73 bits per heavy atom. The molecule has 2 aromatic carbocycles. The first-order valence-corrected chi connectivity index (χ1v) is 9.15. The van der Waals surface area contributed by atoms with Crippen molar-refractivity contribution in [1.82, 2.24) is 10.6 Å². The average molecular weight is 354 g/mol. The number of para-hydroxylation sites is 1. The summed E-state index contributed by atoms with van der Waals surface area (Å²) in [5.41, 5.74) is 2.87. The van der Waals surface area contributed by atoms with Crippen LogP contribution in [0.5, 0.6) is 0 Å². The molecule has 1 saturated heterocycles. The van der Waals surface area contributed by atoms with E-state index < -0.39 is 0 Å². The molecule has 0 bridgehead atoms. The van der Waals surface area contributed by atoms with Gasteiger partial charge in [-0.3, -0.25) is 4.99 Å². The number of aryl methyl sites for hydroxylation is 1. The third-order valence-electron chi connectivity index (χ3n) is 4.89. The van der Waals surface area contributed by atoms with E-state index >= 15 is 0 Å². The van der Waals surface area contributed by atoms with Gasteiger partial charge in [-0.05, 0) is 48.6 Å². The molecule has 1 unspecified atom stereocenters. The molecule has 1 fully saturated rings. The maximum atomic E-state index is 13.6. The van der Waals surface area contributed by atoms with Crippen LogP contribution >= 0.6 is 0 Å². The Labute approximate surface area is 155 Å². The van der Waals surface area contributed by atoms with Crippen LogP contribution in [0.1, 0.15) is 17.5 Å². The van der Waals surface area contributed by atoms with Gasteiger partial charge in [0.05, 0.1) is 0 Å². The number of nitrogens with zero attached hydrogens (tertiary/aromatic N) is 2. The Hall–Kier alpha value is -2.56. The lowest BCUT2D eigenvalue weighted by molar-refractivity contribution is 0.565. The van der Waals surface area contributed by atoms with Gasteiger partial charge in [0.1, 0.15) is 5.82 Å². The molecule has 1 atom stereocenters. The standard InChI is InChI=1S/C21H27FN4/c1-16-8-9-17(12-20(16)22)13-24-21(23-2)25-14-18-10-11-26(15-18)19-6-4-3-5-7-19/h3-9,12,18H,10-11,13-15H2,1-2H3,(H2,23,24,25). The quantitative estimate of drug-likeness (QED) is 0.639. The number of hydrogen-bond donors (Lipinski definition) is 2. The topological polar surface area (TPSA) is 39.7 Å². The van der Waals surface area contributed by atoms with Crippen LogP contribution in [-0.4, -0.2) is 32.6 Å². The fraction of sp³-hybridized carbons (Fsp3) is 0.381. The van der Waals surface area contributed by atoms with E-state index in [9.17, 15) is 4.39 Å². The molecule has 26 heavy (non-hydrogen) atoms. The Kier molecular flexibility index (Phi) is 6.10. The number of halogens is 1. The van der Waals surface area contributed by atoms with Crippen molar-refractivity contribution in [2.45, 2.75) is 19.9 Å². The number of benzene rings is 2. The van der Waals surface area contributed by atoms with Gasteiger partial charge in [-0.1, -0.05) is 30.3 Å². The summed E-state index contributed by atoms with van der Waals surface area (Å²) >= 11 is 0. The lowest BCUT2D eigenvalue weighted by Crippen LogP contribution is -2.40. The van der Waals surface area contributed by atoms with Crippen LogP contribution in [0.3, 0.4) is 0 Å². The smallest absolute Gasteiger partial charge is 0.191 e. The van der Waals surface area contributed by atoms with Crippen molar-refractivity contribution in [3.8, 4) is 0 Å². The second kappa shape index (κ2) is 8.70. The molecular formula is C21H27FN4. The Bertz CT molecular complexity index is 745. The van der Waals surface area contributed by atoms with Crippen molar-refractivity contribution < 1.29 is 4.39 Å². The predicted octanol–water partition coefficient (Wildman–Crippen LogP) is 3.33. The van der Waals surface area contributed by atoms with Crippen molar-refractivity contribution in [1.29, 1.82) is 0 Å². The van der Waals surface area contributed by atoms with Gasteiger partial charge >= 0.3 is 0 Å². The first-order valence-electron chi connectivity index (χ1n) is 9.15. The molecule has 0 saturated carbocycles. The highest BCUT2D eigenvalue weighted by Crippen LogP contribution is 2.22. The monoisotopic (exact) mass is 354 g/mol. The summed E-state index contributed by atoms with van der Waals surface area (Å²) in [5.74, 6) is 1.17. The van der Waals surface area contributed by atoms with Gasteiger partial charge in [0.15, 0.2) is 5.96 Å². The fourth-order valence-electron chi connectivity index (χ4n) is 3.27. The molecule has 1 aliphatic heterocycles. The molecular weight excluding hydrogens is 327 g/mol. The highest BCUT2D eigenvalue weighted by Gasteiger charge is 2.22. The maximum Gasteiger partial charge on any atom is 0.191 e. The van der Waals surface area contributed by atoms with Crippen LogP contribution in [-0.2, 0) is 6.54 Å². The molecule has 0 spiro atoms. The summed E-state index contributed by atoms with van der Waals surface area (Å²) in [5, 5.41) is 6.66. The van der Waals surface area contributed by atoms with E-state index in [2.05, 4.69) is 44.8 Å². The van der Waals surface area contributed by atoms with Gasteiger partial charge < -0.3 is 15.5 Å². The minimum atomic E-state index is -0.167. The molecule has 3 rings (SSSR count). The van der Waals surface area contributed by atoms with Crippen molar-refractivity contribution in [2.75, 3.05) is 31.6 Å². The summed E-state index contributed by atoms with van der Waals surface area (Å²) in [6, 6.07) is 15.9. The largest absolute Gasteiger partial charge is 0.371 e. The Morgan fingerprint density at radius 2 is 2.00 bits per heavy atom. The van der Waals surface area contributed by atoms with Gasteiger partial charge in [0.2, 0.25) is 0 Å². The lowest BCUT2D eigenvalue weighted by Gasteiger charge is -2.19. The van der Waals surface area contributed by atoms with Crippen molar-refractivity contribution >= 4 is 11.6 Å². The second-order valence-electron chi connectivity index (χ2n) is 6.83. The Morgan fingerprint density at radius 1 is 1.19 bits per heavy atom. The number of rotatable bonds is 5. The number of anilines is 1. The lowest BCUT2D eigenvalue weighted by atomic mass is 10.1. The zero-order chi connectivity index (χ0) is 18.4. The predicted molar refractivity (Wildman–Crippen MR) is 106 cm³/mol. The van der Waals surface area contributed by atoms with E-state index in [0.717, 1.165) is 31.2 Å². The first kappa shape index (κ1) is 18.2. The van der Waals surface area contributed by atoms with E-state index in [-0.39, 0.29) is 5.82 Å². The third kappa shape index (κ3) is 4.75. The molecule has 0 aromatic heterocycles. The number of aliphatic imine (C=N–C) groups is 1.